The molecule has 0 amide bonds. The number of hydrogen-bond acceptors (Lipinski definition) is 4. The van der Waals surface area contributed by atoms with Crippen LogP contribution >= 0.6 is 24.0 Å². The standard InChI is InChI=1S/C11H17N3O3S.HI/c1-12-11(13-7-10-3-2-5-17-10)14-9-4-6-18(15,16)8-9;/h2-3,5,9H,4,6-8H2,1H3,(H2,12,13,14);1H. The monoisotopic (exact) mass is 399 g/mol. The quantitative estimate of drug-likeness (QED) is 0.445. The van der Waals surface area contributed by atoms with Crippen molar-refractivity contribution in [1.29, 1.82) is 0 Å². The van der Waals surface area contributed by atoms with Gasteiger partial charge in [-0.3, -0.25) is 4.99 Å². The Labute approximate surface area is 130 Å². The summed E-state index contributed by atoms with van der Waals surface area (Å²) in [6, 6.07) is 3.62. The first-order chi connectivity index (χ1) is 8.59. The molecule has 1 aliphatic rings. The van der Waals surface area contributed by atoms with Gasteiger partial charge >= 0.3 is 0 Å². The molecular weight excluding hydrogens is 381 g/mol. The molecule has 1 fully saturated rings. The summed E-state index contributed by atoms with van der Waals surface area (Å²) in [5.74, 6) is 1.82. The molecule has 2 heterocycles. The van der Waals surface area contributed by atoms with Crippen molar-refractivity contribution in [3.05, 3.63) is 24.2 Å². The smallest absolute Gasteiger partial charge is 0.191 e. The molecule has 19 heavy (non-hydrogen) atoms. The Bertz CT molecular complexity index is 513. The minimum absolute atomic E-state index is 0. The van der Waals surface area contributed by atoms with Gasteiger partial charge in [0, 0.05) is 13.1 Å². The summed E-state index contributed by atoms with van der Waals surface area (Å²) in [7, 11) is -1.22. The molecule has 1 atom stereocenters. The van der Waals surface area contributed by atoms with Crippen LogP contribution in [0.4, 0.5) is 0 Å². The van der Waals surface area contributed by atoms with Gasteiger partial charge in [-0.1, -0.05) is 0 Å². The van der Waals surface area contributed by atoms with E-state index in [4.69, 9.17) is 4.42 Å². The van der Waals surface area contributed by atoms with Crippen LogP contribution in [0.2, 0.25) is 0 Å². The fourth-order valence-corrected chi connectivity index (χ4v) is 3.55. The second kappa shape index (κ2) is 7.13. The topological polar surface area (TPSA) is 83.7 Å². The molecule has 1 saturated heterocycles. The first-order valence-corrected chi connectivity index (χ1v) is 7.61. The Kier molecular flexibility index (Phi) is 6.11. The number of rotatable bonds is 3. The lowest BCUT2D eigenvalue weighted by Crippen LogP contribution is -2.43. The highest BCUT2D eigenvalue weighted by atomic mass is 127. The Morgan fingerprint density at radius 3 is 2.89 bits per heavy atom. The highest BCUT2D eigenvalue weighted by Gasteiger charge is 2.28. The number of sulfone groups is 1. The maximum atomic E-state index is 11.3. The first-order valence-electron chi connectivity index (χ1n) is 5.79. The fourth-order valence-electron chi connectivity index (χ4n) is 1.88. The normalized spacial score (nSPS) is 21.7. The van der Waals surface area contributed by atoms with Gasteiger partial charge in [0.05, 0.1) is 24.3 Å². The summed E-state index contributed by atoms with van der Waals surface area (Å²) in [5, 5.41) is 6.18. The molecule has 2 rings (SSSR count). The molecule has 0 aliphatic carbocycles. The van der Waals surface area contributed by atoms with Crippen molar-refractivity contribution in [3.63, 3.8) is 0 Å². The number of guanidine groups is 1. The second-order valence-corrected chi connectivity index (χ2v) is 6.48. The summed E-state index contributed by atoms with van der Waals surface area (Å²) in [6.45, 7) is 0.520. The van der Waals surface area contributed by atoms with Gasteiger partial charge in [-0.15, -0.1) is 24.0 Å². The fraction of sp³-hybridized carbons (Fsp3) is 0.545. The molecular formula is C11H18IN3O3S. The Balaban J connectivity index is 0.00000180. The van der Waals surface area contributed by atoms with E-state index in [9.17, 15) is 8.42 Å². The zero-order valence-electron chi connectivity index (χ0n) is 10.6. The lowest BCUT2D eigenvalue weighted by atomic mass is 10.3. The van der Waals surface area contributed by atoms with Crippen LogP contribution in [0.3, 0.4) is 0 Å². The van der Waals surface area contributed by atoms with Gasteiger partial charge < -0.3 is 15.1 Å². The molecule has 8 heteroatoms. The number of furan rings is 1. The molecule has 0 spiro atoms. The van der Waals surface area contributed by atoms with Crippen molar-refractivity contribution in [2.45, 2.75) is 19.0 Å². The number of nitrogens with one attached hydrogen (secondary N) is 2. The van der Waals surface area contributed by atoms with Crippen molar-refractivity contribution < 1.29 is 12.8 Å². The molecule has 0 aromatic carbocycles. The molecule has 1 aromatic heterocycles. The molecule has 1 aliphatic heterocycles. The molecule has 108 valence electrons. The number of halogens is 1. The predicted octanol–water partition coefficient (Wildman–Crippen LogP) is 0.750. The molecule has 1 unspecified atom stereocenters. The number of nitrogens with zero attached hydrogens (tertiary/aromatic N) is 1. The summed E-state index contributed by atoms with van der Waals surface area (Å²) in [6.07, 6.45) is 2.24. The van der Waals surface area contributed by atoms with E-state index < -0.39 is 9.84 Å². The van der Waals surface area contributed by atoms with Gasteiger partial charge in [0.2, 0.25) is 0 Å². The van der Waals surface area contributed by atoms with E-state index in [-0.39, 0.29) is 41.5 Å². The Morgan fingerprint density at radius 1 is 1.58 bits per heavy atom. The molecule has 0 saturated carbocycles. The van der Waals surface area contributed by atoms with E-state index in [1.54, 1.807) is 13.3 Å². The maximum absolute atomic E-state index is 11.3. The van der Waals surface area contributed by atoms with Crippen molar-refractivity contribution in [2.24, 2.45) is 4.99 Å². The van der Waals surface area contributed by atoms with Crippen LogP contribution in [-0.4, -0.2) is 39.0 Å². The van der Waals surface area contributed by atoms with E-state index in [1.807, 2.05) is 12.1 Å². The minimum atomic E-state index is -2.87. The molecule has 2 N–H and O–H groups in total. The third-order valence-electron chi connectivity index (χ3n) is 2.81. The van der Waals surface area contributed by atoms with Crippen LogP contribution in [0.15, 0.2) is 27.8 Å². The van der Waals surface area contributed by atoms with Crippen LogP contribution < -0.4 is 10.6 Å². The summed E-state index contributed by atoms with van der Waals surface area (Å²) >= 11 is 0. The number of aliphatic imine (C=N–C) groups is 1. The Hall–Kier alpha value is -0.770. The van der Waals surface area contributed by atoms with E-state index in [0.29, 0.717) is 18.9 Å². The average molecular weight is 399 g/mol. The largest absolute Gasteiger partial charge is 0.467 e. The van der Waals surface area contributed by atoms with Crippen LogP contribution in [-0.2, 0) is 16.4 Å². The van der Waals surface area contributed by atoms with Crippen molar-refractivity contribution in [1.82, 2.24) is 10.6 Å². The van der Waals surface area contributed by atoms with Crippen molar-refractivity contribution >= 4 is 39.8 Å². The van der Waals surface area contributed by atoms with Gasteiger partial charge in [0.25, 0.3) is 0 Å². The highest BCUT2D eigenvalue weighted by molar-refractivity contribution is 14.0. The van der Waals surface area contributed by atoms with E-state index in [2.05, 4.69) is 15.6 Å². The maximum Gasteiger partial charge on any atom is 0.191 e. The van der Waals surface area contributed by atoms with Crippen molar-refractivity contribution in [2.75, 3.05) is 18.6 Å². The van der Waals surface area contributed by atoms with E-state index in [1.165, 1.54) is 0 Å². The van der Waals surface area contributed by atoms with Crippen LogP contribution in [0.25, 0.3) is 0 Å². The van der Waals surface area contributed by atoms with E-state index >= 15 is 0 Å². The lowest BCUT2D eigenvalue weighted by molar-refractivity contribution is 0.500. The summed E-state index contributed by atoms with van der Waals surface area (Å²) in [4.78, 5) is 4.06. The SMILES string of the molecule is CN=C(NCc1ccco1)NC1CCS(=O)(=O)C1.I. The van der Waals surface area contributed by atoms with Gasteiger partial charge in [-0.2, -0.15) is 0 Å². The molecule has 1 aromatic rings. The summed E-state index contributed by atoms with van der Waals surface area (Å²) < 4.78 is 27.9. The van der Waals surface area contributed by atoms with Crippen LogP contribution in [0.1, 0.15) is 12.2 Å². The van der Waals surface area contributed by atoms with Gasteiger partial charge in [-0.25, -0.2) is 8.42 Å². The first kappa shape index (κ1) is 16.3. The third kappa shape index (κ3) is 5.01. The average Bonchev–Trinajstić information content (AvgIpc) is 2.94. The van der Waals surface area contributed by atoms with E-state index in [0.717, 1.165) is 5.76 Å². The molecule has 0 bridgehead atoms. The summed E-state index contributed by atoms with van der Waals surface area (Å²) in [5.41, 5.74) is 0. The lowest BCUT2D eigenvalue weighted by Gasteiger charge is -2.15. The van der Waals surface area contributed by atoms with Gasteiger partial charge in [0.15, 0.2) is 15.8 Å². The second-order valence-electron chi connectivity index (χ2n) is 4.25. The zero-order chi connectivity index (χ0) is 13.0. The van der Waals surface area contributed by atoms with Crippen molar-refractivity contribution in [3.8, 4) is 0 Å². The third-order valence-corrected chi connectivity index (χ3v) is 4.57. The molecule has 6 nitrogen and oxygen atoms in total. The number of hydrogen-bond donors (Lipinski definition) is 2. The van der Waals surface area contributed by atoms with Crippen LogP contribution in [0, 0.1) is 0 Å². The van der Waals surface area contributed by atoms with Gasteiger partial charge in [-0.05, 0) is 18.6 Å². The Morgan fingerprint density at radius 2 is 2.37 bits per heavy atom. The van der Waals surface area contributed by atoms with Crippen LogP contribution in [0.5, 0.6) is 0 Å². The zero-order valence-corrected chi connectivity index (χ0v) is 13.8. The predicted molar refractivity (Wildman–Crippen MR) is 84.5 cm³/mol. The minimum Gasteiger partial charge on any atom is -0.467 e. The molecule has 0 radical (unpaired) electrons. The highest BCUT2D eigenvalue weighted by Crippen LogP contribution is 2.11. The van der Waals surface area contributed by atoms with Gasteiger partial charge in [0.1, 0.15) is 5.76 Å².